The number of hydrogen-bond acceptors (Lipinski definition) is 6. The molecule has 0 aromatic carbocycles. The summed E-state index contributed by atoms with van der Waals surface area (Å²) in [5, 5.41) is 1.73. The molecule has 1 rings (SSSR count). The molecule has 1 aromatic rings. The topological polar surface area (TPSA) is 89.0 Å². The number of nitrogens with zero attached hydrogens (tertiary/aromatic N) is 2. The van der Waals surface area contributed by atoms with Crippen LogP contribution in [-0.4, -0.2) is 27.8 Å². The summed E-state index contributed by atoms with van der Waals surface area (Å²) in [5.74, 6) is 0.274. The molecule has 7 heteroatoms. The molecule has 0 atom stereocenters. The lowest BCUT2D eigenvalue weighted by atomic mass is 10.6. The van der Waals surface area contributed by atoms with E-state index in [1.807, 2.05) is 0 Å². The minimum Gasteiger partial charge on any atom is -0.313 e. The van der Waals surface area contributed by atoms with Gasteiger partial charge >= 0.3 is 0 Å². The van der Waals surface area contributed by atoms with Gasteiger partial charge in [-0.25, -0.2) is 9.97 Å². The van der Waals surface area contributed by atoms with Crippen molar-refractivity contribution in [2.45, 2.75) is 5.16 Å². The lowest BCUT2D eigenvalue weighted by molar-refractivity contribution is -0.124. The first kappa shape index (κ1) is 10.3. The van der Waals surface area contributed by atoms with Crippen molar-refractivity contribution >= 4 is 35.4 Å². The molecule has 0 aliphatic carbocycles. The third-order valence-corrected chi connectivity index (χ3v) is 1.81. The van der Waals surface area contributed by atoms with Crippen molar-refractivity contribution in [2.24, 2.45) is 0 Å². The number of aldehydes is 1. The first-order valence-corrected chi connectivity index (χ1v) is 4.28. The van der Waals surface area contributed by atoms with E-state index in [1.165, 1.54) is 12.3 Å². The standard InChI is InChI=1S/C7H5N3O3S/c11-3-6(13)14-7-8-2-1-5(10-7)9-4-12/h1-4H,(H,8,9,10,12). The number of rotatable bonds is 4. The van der Waals surface area contributed by atoms with Crippen LogP contribution in [0.5, 0.6) is 0 Å². The highest BCUT2D eigenvalue weighted by molar-refractivity contribution is 8.15. The highest BCUT2D eigenvalue weighted by Crippen LogP contribution is 2.13. The van der Waals surface area contributed by atoms with Crippen LogP contribution in [0.25, 0.3) is 0 Å². The Morgan fingerprint density at radius 3 is 2.93 bits per heavy atom. The third-order valence-electron chi connectivity index (χ3n) is 1.13. The molecule has 0 unspecified atom stereocenters. The molecule has 0 spiro atoms. The van der Waals surface area contributed by atoms with Crippen molar-refractivity contribution in [3.63, 3.8) is 0 Å². The van der Waals surface area contributed by atoms with Crippen LogP contribution in [0, 0.1) is 0 Å². The van der Waals surface area contributed by atoms with Gasteiger partial charge in [0, 0.05) is 6.20 Å². The number of carbonyl (C=O) groups excluding carboxylic acids is 3. The van der Waals surface area contributed by atoms with E-state index in [-0.39, 0.29) is 17.3 Å². The molecule has 0 radical (unpaired) electrons. The molecular weight excluding hydrogens is 206 g/mol. The van der Waals surface area contributed by atoms with Gasteiger partial charge in [0.25, 0.3) is 5.12 Å². The van der Waals surface area contributed by atoms with Crippen LogP contribution >= 0.6 is 11.8 Å². The second-order valence-electron chi connectivity index (χ2n) is 2.03. The predicted molar refractivity (Wildman–Crippen MR) is 48.6 cm³/mol. The molecule has 1 N–H and O–H groups in total. The summed E-state index contributed by atoms with van der Waals surface area (Å²) in [5.41, 5.74) is 0. The van der Waals surface area contributed by atoms with Gasteiger partial charge in [-0.1, -0.05) is 0 Å². The number of carbonyl (C=O) groups is 3. The molecule has 1 aromatic heterocycles. The Labute approximate surface area is 83.1 Å². The maximum Gasteiger partial charge on any atom is 0.259 e. The molecule has 0 bridgehead atoms. The third kappa shape index (κ3) is 2.94. The highest BCUT2D eigenvalue weighted by atomic mass is 32.2. The zero-order chi connectivity index (χ0) is 10.4. The fourth-order valence-electron chi connectivity index (χ4n) is 0.645. The Hall–Kier alpha value is -1.76. The Morgan fingerprint density at radius 1 is 1.50 bits per heavy atom. The van der Waals surface area contributed by atoms with Crippen LogP contribution in [0.2, 0.25) is 0 Å². The molecule has 1 heterocycles. The second-order valence-corrected chi connectivity index (χ2v) is 3.00. The lowest BCUT2D eigenvalue weighted by Gasteiger charge is -1.98. The fourth-order valence-corrected chi connectivity index (χ4v) is 1.13. The highest BCUT2D eigenvalue weighted by Gasteiger charge is 2.05. The van der Waals surface area contributed by atoms with Crippen LogP contribution in [-0.2, 0) is 14.4 Å². The summed E-state index contributed by atoms with van der Waals surface area (Å²) >= 11 is 0.598. The van der Waals surface area contributed by atoms with Crippen molar-refractivity contribution in [3.8, 4) is 0 Å². The molecule has 0 saturated carbocycles. The first-order chi connectivity index (χ1) is 6.76. The Kier molecular flexibility index (Phi) is 3.74. The average molecular weight is 211 g/mol. The maximum absolute atomic E-state index is 10.7. The first-order valence-electron chi connectivity index (χ1n) is 3.46. The van der Waals surface area contributed by atoms with Crippen LogP contribution in [0.3, 0.4) is 0 Å². The molecule has 6 nitrogen and oxygen atoms in total. The van der Waals surface area contributed by atoms with Gasteiger partial charge in [0.15, 0.2) is 11.4 Å². The Balaban J connectivity index is 2.77. The van der Waals surface area contributed by atoms with Crippen molar-refractivity contribution in [1.29, 1.82) is 0 Å². The zero-order valence-electron chi connectivity index (χ0n) is 6.84. The Bertz CT molecular complexity index is 369. The van der Waals surface area contributed by atoms with E-state index in [4.69, 9.17) is 0 Å². The molecule has 0 aliphatic heterocycles. The maximum atomic E-state index is 10.7. The van der Waals surface area contributed by atoms with Gasteiger partial charge in [-0.05, 0) is 17.8 Å². The lowest BCUT2D eigenvalue weighted by Crippen LogP contribution is -2.00. The van der Waals surface area contributed by atoms with Crippen LogP contribution < -0.4 is 5.32 Å². The van der Waals surface area contributed by atoms with E-state index in [1.54, 1.807) is 0 Å². The zero-order valence-corrected chi connectivity index (χ0v) is 7.65. The van der Waals surface area contributed by atoms with E-state index < -0.39 is 5.12 Å². The summed E-state index contributed by atoms with van der Waals surface area (Å²) < 4.78 is 0. The quantitative estimate of drug-likeness (QED) is 0.323. The fraction of sp³-hybridized carbons (Fsp3) is 0. The summed E-state index contributed by atoms with van der Waals surface area (Å²) in [7, 11) is 0. The van der Waals surface area contributed by atoms with Gasteiger partial charge < -0.3 is 5.32 Å². The molecule has 14 heavy (non-hydrogen) atoms. The largest absolute Gasteiger partial charge is 0.313 e. The van der Waals surface area contributed by atoms with Gasteiger partial charge in [0.1, 0.15) is 5.82 Å². The van der Waals surface area contributed by atoms with E-state index in [0.29, 0.717) is 18.2 Å². The van der Waals surface area contributed by atoms with Gasteiger partial charge in [0.05, 0.1) is 0 Å². The van der Waals surface area contributed by atoms with Crippen molar-refractivity contribution < 1.29 is 14.4 Å². The van der Waals surface area contributed by atoms with Gasteiger partial charge in [-0.3, -0.25) is 14.4 Å². The summed E-state index contributed by atoms with van der Waals surface area (Å²) in [4.78, 5) is 38.3. The van der Waals surface area contributed by atoms with Gasteiger partial charge in [-0.15, -0.1) is 0 Å². The smallest absolute Gasteiger partial charge is 0.259 e. The number of nitrogens with one attached hydrogen (secondary N) is 1. The molecule has 72 valence electrons. The summed E-state index contributed by atoms with van der Waals surface area (Å²) in [6.07, 6.45) is 2.01. The van der Waals surface area contributed by atoms with E-state index >= 15 is 0 Å². The SMILES string of the molecule is O=CNc1ccnc(SC(=O)C=O)n1. The second kappa shape index (κ2) is 5.07. The molecule has 0 aliphatic rings. The number of hydrogen-bond donors (Lipinski definition) is 1. The number of thioether (sulfide) groups is 1. The number of aromatic nitrogens is 2. The summed E-state index contributed by atoms with van der Waals surface area (Å²) in [6.45, 7) is 0. The minimum absolute atomic E-state index is 0.119. The van der Waals surface area contributed by atoms with Gasteiger partial charge in [-0.2, -0.15) is 0 Å². The molecule has 0 fully saturated rings. The van der Waals surface area contributed by atoms with Crippen molar-refractivity contribution in [3.05, 3.63) is 12.3 Å². The molecule has 0 saturated heterocycles. The molecular formula is C7H5N3O3S. The predicted octanol–water partition coefficient (Wildman–Crippen LogP) is -0.138. The number of anilines is 1. The van der Waals surface area contributed by atoms with Crippen molar-refractivity contribution in [2.75, 3.05) is 5.32 Å². The van der Waals surface area contributed by atoms with Crippen LogP contribution in [0.15, 0.2) is 17.4 Å². The summed E-state index contributed by atoms with van der Waals surface area (Å²) in [6, 6.07) is 1.46. The van der Waals surface area contributed by atoms with E-state index in [0.717, 1.165) is 0 Å². The Morgan fingerprint density at radius 2 is 2.29 bits per heavy atom. The normalized spacial score (nSPS) is 9.14. The van der Waals surface area contributed by atoms with E-state index in [2.05, 4.69) is 15.3 Å². The average Bonchev–Trinajstić information content (AvgIpc) is 2.19. The monoisotopic (exact) mass is 211 g/mol. The van der Waals surface area contributed by atoms with Crippen LogP contribution in [0.4, 0.5) is 5.82 Å². The van der Waals surface area contributed by atoms with Gasteiger partial charge in [0.2, 0.25) is 6.41 Å². The van der Waals surface area contributed by atoms with E-state index in [9.17, 15) is 14.4 Å². The minimum atomic E-state index is -0.687. The molecule has 1 amide bonds. The number of amides is 1. The van der Waals surface area contributed by atoms with Crippen molar-refractivity contribution in [1.82, 2.24) is 9.97 Å². The van der Waals surface area contributed by atoms with Crippen LogP contribution in [0.1, 0.15) is 0 Å².